The van der Waals surface area contributed by atoms with E-state index in [-0.39, 0.29) is 16.9 Å². The van der Waals surface area contributed by atoms with E-state index in [2.05, 4.69) is 4.98 Å². The zero-order chi connectivity index (χ0) is 18.4. The van der Waals surface area contributed by atoms with Crippen molar-refractivity contribution in [2.75, 3.05) is 0 Å². The molecule has 9 heteroatoms. The molecule has 128 valence electrons. The Hall–Kier alpha value is -3.23. The molecule has 0 spiro atoms. The van der Waals surface area contributed by atoms with Crippen molar-refractivity contribution in [2.45, 2.75) is 13.1 Å². The van der Waals surface area contributed by atoms with E-state index in [0.29, 0.717) is 10.9 Å². The van der Waals surface area contributed by atoms with Crippen molar-refractivity contribution < 1.29 is 22.9 Å². The minimum atomic E-state index is -4.49. The van der Waals surface area contributed by atoms with E-state index in [1.807, 2.05) is 0 Å². The van der Waals surface area contributed by atoms with Gasteiger partial charge in [-0.3, -0.25) is 19.5 Å². The molecule has 0 amide bonds. The summed E-state index contributed by atoms with van der Waals surface area (Å²) in [7, 11) is 0. The van der Waals surface area contributed by atoms with Crippen molar-refractivity contribution in [1.82, 2.24) is 9.55 Å². The molecule has 6 nitrogen and oxygen atoms in total. The van der Waals surface area contributed by atoms with Crippen LogP contribution in [0.15, 0.2) is 42.7 Å². The third-order valence-corrected chi connectivity index (χ3v) is 3.72. The lowest BCUT2D eigenvalue weighted by Crippen LogP contribution is -2.12. The Labute approximate surface area is 138 Å². The second-order valence-corrected chi connectivity index (χ2v) is 5.38. The summed E-state index contributed by atoms with van der Waals surface area (Å²) < 4.78 is 39.0. The molecule has 0 fully saturated rings. The Kier molecular flexibility index (Phi) is 3.78. The molecule has 0 atom stereocenters. The lowest BCUT2D eigenvalue weighted by molar-refractivity contribution is -0.385. The highest BCUT2D eigenvalue weighted by Gasteiger charge is 2.30. The fourth-order valence-corrected chi connectivity index (χ4v) is 2.45. The van der Waals surface area contributed by atoms with Crippen molar-refractivity contribution in [2.24, 2.45) is 0 Å². The van der Waals surface area contributed by atoms with Gasteiger partial charge in [-0.1, -0.05) is 0 Å². The number of carbonyl (C=O) groups excluding carboxylic acids is 1. The molecule has 25 heavy (non-hydrogen) atoms. The summed E-state index contributed by atoms with van der Waals surface area (Å²) in [6.07, 6.45) is -2.02. The number of fused-ring (bicyclic) bond motifs is 1. The molecule has 0 unspecified atom stereocenters. The van der Waals surface area contributed by atoms with Gasteiger partial charge in [0, 0.05) is 23.2 Å². The van der Waals surface area contributed by atoms with Crippen molar-refractivity contribution >= 4 is 22.6 Å². The number of aromatic nitrogens is 2. The molecule has 2 aromatic heterocycles. The molecule has 0 bridgehead atoms. The molecule has 0 N–H and O–H groups in total. The lowest BCUT2D eigenvalue weighted by Gasteiger charge is -2.08. The minimum Gasteiger partial charge on any atom is -0.268 e. The van der Waals surface area contributed by atoms with Crippen LogP contribution in [0.25, 0.3) is 11.0 Å². The van der Waals surface area contributed by atoms with Crippen LogP contribution in [0.4, 0.5) is 18.9 Å². The van der Waals surface area contributed by atoms with E-state index in [1.165, 1.54) is 12.3 Å². The first-order valence-corrected chi connectivity index (χ1v) is 7.02. The third kappa shape index (κ3) is 2.95. The fourth-order valence-electron chi connectivity index (χ4n) is 2.45. The number of halogens is 3. The maximum absolute atomic E-state index is 12.6. The maximum atomic E-state index is 12.6. The first-order chi connectivity index (χ1) is 11.7. The summed E-state index contributed by atoms with van der Waals surface area (Å²) >= 11 is 0. The summed E-state index contributed by atoms with van der Waals surface area (Å²) in [6.45, 7) is 1.66. The number of pyridine rings is 1. The molecular formula is C16H10F3N3O3. The molecule has 0 saturated carbocycles. The van der Waals surface area contributed by atoms with Crippen LogP contribution < -0.4 is 0 Å². The number of aryl methyl sites for hydroxylation is 1. The van der Waals surface area contributed by atoms with Crippen molar-refractivity contribution in [3.8, 4) is 0 Å². The number of nitro groups is 1. The maximum Gasteiger partial charge on any atom is 0.416 e. The predicted octanol–water partition coefficient (Wildman–Crippen LogP) is 3.96. The van der Waals surface area contributed by atoms with Gasteiger partial charge in [-0.25, -0.2) is 4.98 Å². The highest BCUT2D eigenvalue weighted by Crippen LogP contribution is 2.29. The van der Waals surface area contributed by atoms with Crippen LogP contribution in [0.3, 0.4) is 0 Å². The number of nitrogens with zero attached hydrogens (tertiary/aromatic N) is 3. The number of rotatable bonds is 2. The van der Waals surface area contributed by atoms with Gasteiger partial charge in [0.15, 0.2) is 0 Å². The predicted molar refractivity (Wildman–Crippen MR) is 82.3 cm³/mol. The summed E-state index contributed by atoms with van der Waals surface area (Å²) in [4.78, 5) is 26.7. The molecule has 1 aromatic carbocycles. The average Bonchev–Trinajstić information content (AvgIpc) is 2.90. The van der Waals surface area contributed by atoms with E-state index in [0.717, 1.165) is 35.0 Å². The van der Waals surface area contributed by atoms with Crippen LogP contribution in [0.1, 0.15) is 21.5 Å². The molecule has 0 aliphatic carbocycles. The quantitative estimate of drug-likeness (QED) is 0.518. The van der Waals surface area contributed by atoms with Crippen LogP contribution in [-0.2, 0) is 6.18 Å². The normalized spacial score (nSPS) is 11.7. The van der Waals surface area contributed by atoms with Crippen molar-refractivity contribution in [3.63, 3.8) is 0 Å². The van der Waals surface area contributed by atoms with Crippen molar-refractivity contribution in [1.29, 1.82) is 0 Å². The molecule has 0 radical (unpaired) electrons. The molecular weight excluding hydrogens is 339 g/mol. The van der Waals surface area contributed by atoms with Gasteiger partial charge >= 0.3 is 6.18 Å². The van der Waals surface area contributed by atoms with Crippen LogP contribution >= 0.6 is 0 Å². The largest absolute Gasteiger partial charge is 0.416 e. The summed E-state index contributed by atoms with van der Waals surface area (Å²) in [5.74, 6) is -0.576. The Morgan fingerprint density at radius 1 is 1.24 bits per heavy atom. The number of benzene rings is 1. The number of hydrogen-bond acceptors (Lipinski definition) is 4. The highest BCUT2D eigenvalue weighted by atomic mass is 19.4. The van der Waals surface area contributed by atoms with Gasteiger partial charge in [0.1, 0.15) is 11.8 Å². The van der Waals surface area contributed by atoms with Gasteiger partial charge < -0.3 is 0 Å². The van der Waals surface area contributed by atoms with Crippen LogP contribution in [0.5, 0.6) is 0 Å². The standard InChI is InChI=1S/C16H10F3N3O3/c1-9-8-21(14-13(9)6-12(7-20-14)22(24)25)15(23)10-2-4-11(5-3-10)16(17,18)19/h2-8H,1H3. The Balaban J connectivity index is 2.04. The van der Waals surface area contributed by atoms with Crippen LogP contribution in [0.2, 0.25) is 0 Å². The van der Waals surface area contributed by atoms with Crippen LogP contribution in [0, 0.1) is 17.0 Å². The van der Waals surface area contributed by atoms with E-state index in [9.17, 15) is 28.1 Å². The lowest BCUT2D eigenvalue weighted by atomic mass is 10.1. The van der Waals surface area contributed by atoms with Gasteiger partial charge in [0.05, 0.1) is 10.5 Å². The second kappa shape index (κ2) is 5.69. The average molecular weight is 349 g/mol. The Morgan fingerprint density at radius 3 is 2.44 bits per heavy atom. The first kappa shape index (κ1) is 16.6. The first-order valence-electron chi connectivity index (χ1n) is 7.02. The second-order valence-electron chi connectivity index (χ2n) is 5.38. The Bertz CT molecular complexity index is 992. The Morgan fingerprint density at radius 2 is 1.88 bits per heavy atom. The van der Waals surface area contributed by atoms with E-state index >= 15 is 0 Å². The topological polar surface area (TPSA) is 78.0 Å². The highest BCUT2D eigenvalue weighted by molar-refractivity contribution is 6.02. The summed E-state index contributed by atoms with van der Waals surface area (Å²) in [6, 6.07) is 5.11. The zero-order valence-corrected chi connectivity index (χ0v) is 12.7. The number of carbonyl (C=O) groups is 1. The SMILES string of the molecule is Cc1cn(C(=O)c2ccc(C(F)(F)F)cc2)c2ncc([N+](=O)[O-])cc12. The fraction of sp³-hybridized carbons (Fsp3) is 0.125. The summed E-state index contributed by atoms with van der Waals surface area (Å²) in [5, 5.41) is 11.3. The summed E-state index contributed by atoms with van der Waals surface area (Å²) in [5.41, 5.74) is -0.230. The molecule has 2 heterocycles. The van der Waals surface area contributed by atoms with E-state index < -0.39 is 22.6 Å². The van der Waals surface area contributed by atoms with Gasteiger partial charge in [-0.15, -0.1) is 0 Å². The van der Waals surface area contributed by atoms with Gasteiger partial charge in [0.2, 0.25) is 0 Å². The van der Waals surface area contributed by atoms with Crippen LogP contribution in [-0.4, -0.2) is 20.4 Å². The third-order valence-electron chi connectivity index (χ3n) is 3.72. The molecule has 3 aromatic rings. The van der Waals surface area contributed by atoms with Crippen molar-refractivity contribution in [3.05, 3.63) is 69.5 Å². The molecule has 0 aliphatic rings. The van der Waals surface area contributed by atoms with E-state index in [4.69, 9.17) is 0 Å². The molecule has 0 aliphatic heterocycles. The minimum absolute atomic E-state index is 0.0463. The molecule has 3 rings (SSSR count). The van der Waals surface area contributed by atoms with E-state index in [1.54, 1.807) is 6.92 Å². The smallest absolute Gasteiger partial charge is 0.268 e. The number of alkyl halides is 3. The van der Waals surface area contributed by atoms with Gasteiger partial charge in [0.25, 0.3) is 11.6 Å². The molecule has 0 saturated heterocycles. The number of hydrogen-bond donors (Lipinski definition) is 0. The van der Waals surface area contributed by atoms with Gasteiger partial charge in [-0.2, -0.15) is 13.2 Å². The zero-order valence-electron chi connectivity index (χ0n) is 12.7. The van der Waals surface area contributed by atoms with Gasteiger partial charge in [-0.05, 0) is 36.8 Å². The monoisotopic (exact) mass is 349 g/mol.